The summed E-state index contributed by atoms with van der Waals surface area (Å²) >= 11 is 1.75. The molecule has 1 fully saturated rings. The Kier molecular flexibility index (Phi) is 5.82. The van der Waals surface area contributed by atoms with Gasteiger partial charge in [-0.3, -0.25) is 4.79 Å². The Labute approximate surface area is 163 Å². The van der Waals surface area contributed by atoms with Crippen molar-refractivity contribution >= 4 is 33.7 Å². The molecule has 1 amide bonds. The van der Waals surface area contributed by atoms with Crippen LogP contribution in [-0.4, -0.2) is 31.7 Å². The Morgan fingerprint density at radius 1 is 1.15 bits per heavy atom. The lowest BCUT2D eigenvalue weighted by atomic mass is 10.1. The number of ether oxygens (including phenoxy) is 1. The molecule has 2 N–H and O–H groups in total. The number of hydrogen-bond donors (Lipinski definition) is 2. The van der Waals surface area contributed by atoms with Crippen LogP contribution in [0, 0.1) is 0 Å². The zero-order chi connectivity index (χ0) is 18.5. The first kappa shape index (κ1) is 18.2. The van der Waals surface area contributed by atoms with Crippen LogP contribution in [0.1, 0.15) is 17.7 Å². The molecule has 4 nitrogen and oxygen atoms in total. The zero-order valence-electron chi connectivity index (χ0n) is 15.3. The zero-order valence-corrected chi connectivity index (χ0v) is 16.1. The van der Waals surface area contributed by atoms with E-state index < -0.39 is 0 Å². The average molecular weight is 382 g/mol. The fourth-order valence-electron chi connectivity index (χ4n) is 3.75. The van der Waals surface area contributed by atoms with E-state index in [9.17, 15) is 4.79 Å². The summed E-state index contributed by atoms with van der Waals surface area (Å²) in [5.41, 5.74) is 0.880. The highest BCUT2D eigenvalue weighted by Gasteiger charge is 2.24. The largest absolute Gasteiger partial charge is 0.372 e. The number of hydrogen-bond acceptors (Lipinski definition) is 3. The van der Waals surface area contributed by atoms with Gasteiger partial charge in [0.05, 0.1) is 4.88 Å². The number of nitrogens with one attached hydrogen (secondary N) is 2. The number of fused-ring (bicyclic) bond motifs is 1. The molecule has 0 spiro atoms. The molecule has 27 heavy (non-hydrogen) atoms. The van der Waals surface area contributed by atoms with Gasteiger partial charge in [0.15, 0.2) is 6.54 Å². The molecule has 1 aliphatic rings. The van der Waals surface area contributed by atoms with E-state index in [-0.39, 0.29) is 12.0 Å². The molecule has 0 radical (unpaired) electrons. The van der Waals surface area contributed by atoms with E-state index in [1.54, 1.807) is 11.3 Å². The molecule has 2 atom stereocenters. The minimum absolute atomic E-state index is 0.0518. The minimum atomic E-state index is 0.0518. The fraction of sp³-hybridized carbons (Fsp3) is 0.318. The Morgan fingerprint density at radius 2 is 2.04 bits per heavy atom. The van der Waals surface area contributed by atoms with Crippen LogP contribution in [-0.2, 0) is 16.1 Å². The summed E-state index contributed by atoms with van der Waals surface area (Å²) < 4.78 is 5.81. The van der Waals surface area contributed by atoms with Crippen LogP contribution in [0.5, 0.6) is 0 Å². The van der Waals surface area contributed by atoms with Crippen LogP contribution in [0.25, 0.3) is 10.8 Å². The van der Waals surface area contributed by atoms with E-state index in [1.165, 1.54) is 9.78 Å². The number of quaternary nitrogens is 1. The summed E-state index contributed by atoms with van der Waals surface area (Å²) in [5, 5.41) is 7.43. The predicted octanol–water partition coefficient (Wildman–Crippen LogP) is 3.10. The van der Waals surface area contributed by atoms with Crippen LogP contribution >= 0.6 is 11.3 Å². The normalized spacial score (nSPS) is 17.9. The monoisotopic (exact) mass is 381 g/mol. The standard InChI is InChI=1S/C22H24N2O2S/c25-22(23-21-11-3-7-17-6-1-2-10-20(17)21)16-24(14-18-8-4-12-26-18)15-19-9-5-13-27-19/h1-3,5-7,9-11,13,18H,4,8,12,14-16H2,(H,23,25)/p+1/t18-/m1/s1. The maximum Gasteiger partial charge on any atom is 0.279 e. The number of carbonyl (C=O) groups is 1. The molecule has 0 aliphatic carbocycles. The second kappa shape index (κ2) is 8.65. The number of rotatable bonds is 7. The molecule has 0 saturated carbocycles. The molecular formula is C22H25N2O2S+. The van der Waals surface area contributed by atoms with Gasteiger partial charge in [-0.1, -0.05) is 42.5 Å². The lowest BCUT2D eigenvalue weighted by Gasteiger charge is -2.21. The number of benzene rings is 2. The summed E-state index contributed by atoms with van der Waals surface area (Å²) in [6, 6.07) is 18.4. The van der Waals surface area contributed by atoms with Gasteiger partial charge in [-0.05, 0) is 35.7 Å². The van der Waals surface area contributed by atoms with Gasteiger partial charge >= 0.3 is 0 Å². The van der Waals surface area contributed by atoms with Crippen LogP contribution in [0.3, 0.4) is 0 Å². The first-order chi connectivity index (χ1) is 13.3. The van der Waals surface area contributed by atoms with E-state index in [0.29, 0.717) is 6.54 Å². The van der Waals surface area contributed by atoms with Gasteiger partial charge in [0.2, 0.25) is 0 Å². The van der Waals surface area contributed by atoms with Crippen LogP contribution in [0.15, 0.2) is 60.0 Å². The van der Waals surface area contributed by atoms with E-state index >= 15 is 0 Å². The molecule has 1 saturated heterocycles. The summed E-state index contributed by atoms with van der Waals surface area (Å²) in [4.78, 5) is 15.4. The fourth-order valence-corrected chi connectivity index (χ4v) is 4.53. The SMILES string of the molecule is O=C(C[NH+](Cc1cccs1)C[C@H]1CCCO1)Nc1cccc2ccccc12. The second-order valence-electron chi connectivity index (χ2n) is 7.10. The molecule has 2 aromatic carbocycles. The summed E-state index contributed by atoms with van der Waals surface area (Å²) in [6.45, 7) is 3.03. The summed E-state index contributed by atoms with van der Waals surface area (Å²) in [6.07, 6.45) is 2.49. The highest BCUT2D eigenvalue weighted by Crippen LogP contribution is 2.22. The maximum absolute atomic E-state index is 12.8. The van der Waals surface area contributed by atoms with Gasteiger partial charge in [0.25, 0.3) is 5.91 Å². The Balaban J connectivity index is 1.45. The van der Waals surface area contributed by atoms with E-state index in [1.807, 2.05) is 30.3 Å². The molecule has 4 rings (SSSR count). The van der Waals surface area contributed by atoms with Crippen molar-refractivity contribution in [1.82, 2.24) is 0 Å². The van der Waals surface area contributed by atoms with E-state index in [2.05, 4.69) is 35.0 Å². The lowest BCUT2D eigenvalue weighted by molar-refractivity contribution is -0.908. The van der Waals surface area contributed by atoms with Gasteiger partial charge in [-0.15, -0.1) is 11.3 Å². The summed E-state index contributed by atoms with van der Waals surface area (Å²) in [5.74, 6) is 0.0518. The average Bonchev–Trinajstić information content (AvgIpc) is 3.36. The van der Waals surface area contributed by atoms with Gasteiger partial charge in [-0.2, -0.15) is 0 Å². The molecule has 0 bridgehead atoms. The highest BCUT2D eigenvalue weighted by atomic mass is 32.1. The molecule has 3 aromatic rings. The van der Waals surface area contributed by atoms with Crippen molar-refractivity contribution in [2.75, 3.05) is 25.0 Å². The topological polar surface area (TPSA) is 42.8 Å². The smallest absolute Gasteiger partial charge is 0.279 e. The first-order valence-corrected chi connectivity index (χ1v) is 10.4. The maximum atomic E-state index is 12.8. The number of amides is 1. The third-order valence-corrected chi connectivity index (χ3v) is 5.90. The molecule has 1 unspecified atom stereocenters. The molecule has 2 heterocycles. The first-order valence-electron chi connectivity index (χ1n) is 9.53. The van der Waals surface area contributed by atoms with Gasteiger partial charge in [-0.25, -0.2) is 0 Å². The number of thiophene rings is 1. The second-order valence-corrected chi connectivity index (χ2v) is 8.13. The van der Waals surface area contributed by atoms with E-state index in [0.717, 1.165) is 49.0 Å². The number of anilines is 1. The molecule has 140 valence electrons. The number of carbonyl (C=O) groups excluding carboxylic acids is 1. The van der Waals surface area contributed by atoms with Crippen molar-refractivity contribution in [3.63, 3.8) is 0 Å². The van der Waals surface area contributed by atoms with Crippen molar-refractivity contribution in [3.8, 4) is 0 Å². The minimum Gasteiger partial charge on any atom is -0.372 e. The quantitative estimate of drug-likeness (QED) is 0.660. The van der Waals surface area contributed by atoms with Crippen molar-refractivity contribution in [2.24, 2.45) is 0 Å². The van der Waals surface area contributed by atoms with Gasteiger partial charge in [0.1, 0.15) is 19.2 Å². The Bertz CT molecular complexity index is 883. The summed E-state index contributed by atoms with van der Waals surface area (Å²) in [7, 11) is 0. The van der Waals surface area contributed by atoms with Gasteiger partial charge < -0.3 is 15.0 Å². The van der Waals surface area contributed by atoms with Crippen LogP contribution in [0.2, 0.25) is 0 Å². The van der Waals surface area contributed by atoms with Crippen molar-refractivity contribution in [3.05, 3.63) is 64.9 Å². The van der Waals surface area contributed by atoms with Crippen LogP contribution < -0.4 is 10.2 Å². The molecule has 5 heteroatoms. The van der Waals surface area contributed by atoms with Crippen molar-refractivity contribution in [1.29, 1.82) is 0 Å². The van der Waals surface area contributed by atoms with Crippen molar-refractivity contribution < 1.29 is 14.4 Å². The molecule has 1 aromatic heterocycles. The molecule has 1 aliphatic heterocycles. The Hall–Kier alpha value is -2.21. The van der Waals surface area contributed by atoms with Crippen molar-refractivity contribution in [2.45, 2.75) is 25.5 Å². The third kappa shape index (κ3) is 4.75. The third-order valence-electron chi connectivity index (χ3n) is 5.02. The predicted molar refractivity (Wildman–Crippen MR) is 110 cm³/mol. The highest BCUT2D eigenvalue weighted by molar-refractivity contribution is 7.09. The van der Waals surface area contributed by atoms with Crippen LogP contribution in [0.4, 0.5) is 5.69 Å². The lowest BCUT2D eigenvalue weighted by Crippen LogP contribution is -3.12. The Morgan fingerprint density at radius 3 is 2.85 bits per heavy atom. The van der Waals surface area contributed by atoms with Gasteiger partial charge in [0, 0.05) is 17.7 Å². The molecular weight excluding hydrogens is 356 g/mol. The van der Waals surface area contributed by atoms with E-state index in [4.69, 9.17) is 4.74 Å².